The van der Waals surface area contributed by atoms with Crippen molar-refractivity contribution in [2.75, 3.05) is 20.1 Å². The van der Waals surface area contributed by atoms with E-state index < -0.39 is 10.0 Å². The van der Waals surface area contributed by atoms with Crippen molar-refractivity contribution >= 4 is 16.0 Å². The summed E-state index contributed by atoms with van der Waals surface area (Å²) in [4.78, 5) is 4.51. The molecule has 2 aromatic rings. The standard InChI is InChI=1S/C21H27FN4O2S/c1-23-21(24-15-17-9-11-19(22)12-10-17)25-16-18-7-3-4-8-20(18)29(27,28)26-13-5-2-6-14-26/h3-4,7-12H,2,5-6,13-16H2,1H3,(H2,23,24,25). The molecule has 3 rings (SSSR count). The number of aliphatic imine (C=N–C) groups is 1. The minimum atomic E-state index is -3.51. The maximum Gasteiger partial charge on any atom is 0.243 e. The largest absolute Gasteiger partial charge is 0.352 e. The molecule has 2 N–H and O–H groups in total. The summed E-state index contributed by atoms with van der Waals surface area (Å²) in [5, 5.41) is 6.32. The lowest BCUT2D eigenvalue weighted by atomic mass is 10.2. The predicted molar refractivity (Wildman–Crippen MR) is 112 cm³/mol. The van der Waals surface area contributed by atoms with E-state index in [0.717, 1.165) is 24.8 Å². The van der Waals surface area contributed by atoms with Crippen LogP contribution in [0.1, 0.15) is 30.4 Å². The van der Waals surface area contributed by atoms with Gasteiger partial charge in [0.15, 0.2) is 5.96 Å². The number of nitrogens with one attached hydrogen (secondary N) is 2. The first-order chi connectivity index (χ1) is 14.0. The number of benzene rings is 2. The number of guanidine groups is 1. The molecule has 156 valence electrons. The highest BCUT2D eigenvalue weighted by Crippen LogP contribution is 2.23. The molecule has 0 unspecified atom stereocenters. The molecule has 1 heterocycles. The van der Waals surface area contributed by atoms with E-state index in [2.05, 4.69) is 15.6 Å². The summed E-state index contributed by atoms with van der Waals surface area (Å²) in [6, 6.07) is 13.3. The maximum atomic E-state index is 13.1. The first kappa shape index (κ1) is 21.3. The van der Waals surface area contributed by atoms with Gasteiger partial charge in [-0.15, -0.1) is 0 Å². The van der Waals surface area contributed by atoms with E-state index in [0.29, 0.717) is 42.6 Å². The molecule has 29 heavy (non-hydrogen) atoms. The van der Waals surface area contributed by atoms with Crippen LogP contribution in [0.25, 0.3) is 0 Å². The lowest BCUT2D eigenvalue weighted by Crippen LogP contribution is -2.38. The van der Waals surface area contributed by atoms with Gasteiger partial charge >= 0.3 is 0 Å². The molecule has 1 aliphatic heterocycles. The second-order valence-corrected chi connectivity index (χ2v) is 8.88. The maximum absolute atomic E-state index is 13.1. The van der Waals surface area contributed by atoms with Crippen LogP contribution in [0, 0.1) is 5.82 Å². The summed E-state index contributed by atoms with van der Waals surface area (Å²) in [6.07, 6.45) is 2.88. The monoisotopic (exact) mass is 418 g/mol. The van der Waals surface area contributed by atoms with Crippen molar-refractivity contribution < 1.29 is 12.8 Å². The van der Waals surface area contributed by atoms with Crippen molar-refractivity contribution in [3.8, 4) is 0 Å². The van der Waals surface area contributed by atoms with Crippen LogP contribution in [0.15, 0.2) is 58.4 Å². The van der Waals surface area contributed by atoms with Gasteiger partial charge in [-0.05, 0) is 42.2 Å². The number of nitrogens with zero attached hydrogens (tertiary/aromatic N) is 2. The van der Waals surface area contributed by atoms with Crippen LogP contribution in [0.4, 0.5) is 4.39 Å². The molecule has 0 bridgehead atoms. The third-order valence-electron chi connectivity index (χ3n) is 4.95. The highest BCUT2D eigenvalue weighted by atomic mass is 32.2. The van der Waals surface area contributed by atoms with Gasteiger partial charge in [0.2, 0.25) is 10.0 Å². The zero-order valence-corrected chi connectivity index (χ0v) is 17.4. The minimum Gasteiger partial charge on any atom is -0.352 e. The van der Waals surface area contributed by atoms with E-state index in [1.54, 1.807) is 35.6 Å². The molecule has 0 radical (unpaired) electrons. The van der Waals surface area contributed by atoms with Crippen LogP contribution < -0.4 is 10.6 Å². The second kappa shape index (κ2) is 9.84. The number of piperidine rings is 1. The normalized spacial score (nSPS) is 15.9. The Morgan fingerprint density at radius 2 is 1.66 bits per heavy atom. The molecule has 0 amide bonds. The molecule has 8 heteroatoms. The Labute approximate surface area is 171 Å². The SMILES string of the molecule is CN=C(NCc1ccc(F)cc1)NCc1ccccc1S(=O)(=O)N1CCCCC1. The molecule has 1 aliphatic rings. The number of sulfonamides is 1. The third-order valence-corrected chi connectivity index (χ3v) is 6.95. The fourth-order valence-corrected chi connectivity index (χ4v) is 5.07. The van der Waals surface area contributed by atoms with Crippen molar-refractivity contribution in [3.05, 3.63) is 65.5 Å². The summed E-state index contributed by atoms with van der Waals surface area (Å²) in [6.45, 7) is 1.95. The van der Waals surface area contributed by atoms with Gasteiger partial charge < -0.3 is 10.6 Å². The van der Waals surface area contributed by atoms with Crippen molar-refractivity contribution in [1.29, 1.82) is 0 Å². The van der Waals surface area contributed by atoms with Crippen molar-refractivity contribution in [3.63, 3.8) is 0 Å². The Balaban J connectivity index is 1.66. The van der Waals surface area contributed by atoms with Gasteiger partial charge in [-0.2, -0.15) is 4.31 Å². The quantitative estimate of drug-likeness (QED) is 0.559. The summed E-state index contributed by atoms with van der Waals surface area (Å²) in [7, 11) is -1.86. The smallest absolute Gasteiger partial charge is 0.243 e. The average molecular weight is 419 g/mol. The lowest BCUT2D eigenvalue weighted by molar-refractivity contribution is 0.346. The molecular formula is C21H27FN4O2S. The van der Waals surface area contributed by atoms with Crippen LogP contribution in [-0.2, 0) is 23.1 Å². The number of hydrogen-bond donors (Lipinski definition) is 2. The van der Waals surface area contributed by atoms with Crippen LogP contribution >= 0.6 is 0 Å². The van der Waals surface area contributed by atoms with E-state index in [1.165, 1.54) is 12.1 Å². The van der Waals surface area contributed by atoms with Gasteiger partial charge in [-0.3, -0.25) is 4.99 Å². The van der Waals surface area contributed by atoms with E-state index in [4.69, 9.17) is 0 Å². The van der Waals surface area contributed by atoms with E-state index in [1.807, 2.05) is 12.1 Å². The van der Waals surface area contributed by atoms with Gasteiger partial charge in [0, 0.05) is 33.2 Å². The van der Waals surface area contributed by atoms with Crippen LogP contribution in [0.5, 0.6) is 0 Å². The van der Waals surface area contributed by atoms with Crippen LogP contribution in [0.2, 0.25) is 0 Å². The van der Waals surface area contributed by atoms with Crippen LogP contribution in [-0.4, -0.2) is 38.8 Å². The molecule has 0 saturated carbocycles. The van der Waals surface area contributed by atoms with Gasteiger partial charge in [0.05, 0.1) is 4.90 Å². The molecule has 0 atom stereocenters. The molecular weight excluding hydrogens is 391 g/mol. The Hall–Kier alpha value is -2.45. The minimum absolute atomic E-state index is 0.275. The Kier molecular flexibility index (Phi) is 7.22. The third kappa shape index (κ3) is 5.55. The Morgan fingerprint density at radius 1 is 1.00 bits per heavy atom. The molecule has 0 aliphatic carbocycles. The Bertz CT molecular complexity index is 939. The van der Waals surface area contributed by atoms with E-state index in [9.17, 15) is 12.8 Å². The number of rotatable bonds is 6. The zero-order chi connectivity index (χ0) is 20.7. The van der Waals surface area contributed by atoms with Crippen molar-refractivity contribution in [2.45, 2.75) is 37.2 Å². The zero-order valence-electron chi connectivity index (χ0n) is 16.6. The first-order valence-electron chi connectivity index (χ1n) is 9.78. The first-order valence-corrected chi connectivity index (χ1v) is 11.2. The van der Waals surface area contributed by atoms with Crippen molar-refractivity contribution in [2.24, 2.45) is 4.99 Å². The molecule has 6 nitrogen and oxygen atoms in total. The molecule has 1 fully saturated rings. The van der Waals surface area contributed by atoms with E-state index in [-0.39, 0.29) is 5.82 Å². The van der Waals surface area contributed by atoms with Crippen LogP contribution in [0.3, 0.4) is 0 Å². The van der Waals surface area contributed by atoms with Crippen molar-refractivity contribution in [1.82, 2.24) is 14.9 Å². The summed E-state index contributed by atoms with van der Waals surface area (Å²) in [5.41, 5.74) is 1.62. The molecule has 0 spiro atoms. The summed E-state index contributed by atoms with van der Waals surface area (Å²) in [5.74, 6) is 0.266. The summed E-state index contributed by atoms with van der Waals surface area (Å²) >= 11 is 0. The predicted octanol–water partition coefficient (Wildman–Crippen LogP) is 2.87. The molecule has 0 aromatic heterocycles. The van der Waals surface area contributed by atoms with Gasteiger partial charge in [-0.1, -0.05) is 36.8 Å². The van der Waals surface area contributed by atoms with Gasteiger partial charge in [-0.25, -0.2) is 12.8 Å². The number of hydrogen-bond acceptors (Lipinski definition) is 3. The highest BCUT2D eigenvalue weighted by molar-refractivity contribution is 7.89. The molecule has 1 saturated heterocycles. The molecule has 2 aromatic carbocycles. The fourth-order valence-electron chi connectivity index (χ4n) is 3.33. The summed E-state index contributed by atoms with van der Waals surface area (Å²) < 4.78 is 40.8. The fraction of sp³-hybridized carbons (Fsp3) is 0.381. The topological polar surface area (TPSA) is 73.8 Å². The van der Waals surface area contributed by atoms with Gasteiger partial charge in [0.1, 0.15) is 5.82 Å². The highest BCUT2D eigenvalue weighted by Gasteiger charge is 2.27. The number of halogens is 1. The average Bonchev–Trinajstić information content (AvgIpc) is 2.76. The second-order valence-electron chi connectivity index (χ2n) is 6.98. The lowest BCUT2D eigenvalue weighted by Gasteiger charge is -2.27. The van der Waals surface area contributed by atoms with Gasteiger partial charge in [0.25, 0.3) is 0 Å². The van der Waals surface area contributed by atoms with E-state index >= 15 is 0 Å². The Morgan fingerprint density at radius 3 is 2.34 bits per heavy atom.